The summed E-state index contributed by atoms with van der Waals surface area (Å²) in [4.78, 5) is 17.4. The van der Waals surface area contributed by atoms with E-state index in [2.05, 4.69) is 15.6 Å². The highest BCUT2D eigenvalue weighted by atomic mass is 35.5. The van der Waals surface area contributed by atoms with E-state index in [1.54, 1.807) is 36.4 Å². The van der Waals surface area contributed by atoms with Gasteiger partial charge in [-0.15, -0.1) is 0 Å². The molecule has 5 rings (SSSR count). The highest BCUT2D eigenvalue weighted by molar-refractivity contribution is 7.80. The molecule has 9 heteroatoms. The number of benzene rings is 4. The zero-order chi connectivity index (χ0) is 26.6. The van der Waals surface area contributed by atoms with Crippen molar-refractivity contribution in [2.75, 3.05) is 5.32 Å². The SMILES string of the molecule is Cc1c(NC(=S)NC(=O)c2cccc(OCc3ccccc3)c2)cccc1-c1nc2cc(Cl)cc(Cl)c2o1. The van der Waals surface area contributed by atoms with E-state index in [9.17, 15) is 4.79 Å². The molecule has 0 spiro atoms. The first-order valence-corrected chi connectivity index (χ1v) is 12.8. The van der Waals surface area contributed by atoms with Crippen LogP contribution in [0.15, 0.2) is 89.3 Å². The molecule has 0 atom stereocenters. The van der Waals surface area contributed by atoms with Crippen molar-refractivity contribution in [1.29, 1.82) is 0 Å². The molecule has 1 aromatic heterocycles. The van der Waals surface area contributed by atoms with Gasteiger partial charge >= 0.3 is 0 Å². The topological polar surface area (TPSA) is 76.4 Å². The summed E-state index contributed by atoms with van der Waals surface area (Å²) in [7, 11) is 0. The van der Waals surface area contributed by atoms with Gasteiger partial charge in [0.15, 0.2) is 10.7 Å². The Balaban J connectivity index is 1.27. The summed E-state index contributed by atoms with van der Waals surface area (Å²) in [5, 5.41) is 6.82. The lowest BCUT2D eigenvalue weighted by molar-refractivity contribution is 0.0977. The average molecular weight is 562 g/mol. The van der Waals surface area contributed by atoms with Crippen LogP contribution in [0.25, 0.3) is 22.6 Å². The second-order valence-electron chi connectivity index (χ2n) is 8.44. The molecule has 0 aliphatic carbocycles. The van der Waals surface area contributed by atoms with E-state index in [1.165, 1.54) is 0 Å². The van der Waals surface area contributed by atoms with Crippen LogP contribution in [0.2, 0.25) is 10.0 Å². The molecule has 6 nitrogen and oxygen atoms in total. The molecule has 0 aliphatic heterocycles. The summed E-state index contributed by atoms with van der Waals surface area (Å²) in [5.74, 6) is 0.628. The molecule has 4 aromatic carbocycles. The second-order valence-corrected chi connectivity index (χ2v) is 9.70. The van der Waals surface area contributed by atoms with Crippen LogP contribution >= 0.6 is 35.4 Å². The maximum Gasteiger partial charge on any atom is 0.257 e. The van der Waals surface area contributed by atoms with Gasteiger partial charge in [-0.2, -0.15) is 0 Å². The lowest BCUT2D eigenvalue weighted by atomic mass is 10.1. The van der Waals surface area contributed by atoms with Crippen molar-refractivity contribution >= 4 is 63.2 Å². The summed E-state index contributed by atoms with van der Waals surface area (Å²) >= 11 is 17.8. The Hall–Kier alpha value is -3.91. The Morgan fingerprint density at radius 3 is 2.61 bits per heavy atom. The third-order valence-corrected chi connectivity index (χ3v) is 6.50. The van der Waals surface area contributed by atoms with Gasteiger partial charge in [0.2, 0.25) is 5.89 Å². The van der Waals surface area contributed by atoms with Crippen LogP contribution in [-0.4, -0.2) is 16.0 Å². The van der Waals surface area contributed by atoms with Crippen LogP contribution in [0.5, 0.6) is 5.75 Å². The van der Waals surface area contributed by atoms with Crippen molar-refractivity contribution in [3.63, 3.8) is 0 Å². The van der Waals surface area contributed by atoms with Gasteiger partial charge in [-0.05, 0) is 72.7 Å². The van der Waals surface area contributed by atoms with E-state index >= 15 is 0 Å². The van der Waals surface area contributed by atoms with Crippen molar-refractivity contribution < 1.29 is 13.9 Å². The molecule has 0 fully saturated rings. The molecule has 190 valence electrons. The number of nitrogens with one attached hydrogen (secondary N) is 2. The van der Waals surface area contributed by atoms with Gasteiger partial charge in [-0.25, -0.2) is 4.98 Å². The number of hydrogen-bond donors (Lipinski definition) is 2. The number of anilines is 1. The first-order chi connectivity index (χ1) is 18.4. The molecule has 0 aliphatic rings. The quantitative estimate of drug-likeness (QED) is 0.206. The molecule has 0 unspecified atom stereocenters. The van der Waals surface area contributed by atoms with E-state index in [1.807, 2.05) is 55.5 Å². The second kappa shape index (κ2) is 11.2. The van der Waals surface area contributed by atoms with Gasteiger partial charge in [0, 0.05) is 21.8 Å². The number of amides is 1. The van der Waals surface area contributed by atoms with Gasteiger partial charge in [0.25, 0.3) is 5.91 Å². The number of carbonyl (C=O) groups is 1. The zero-order valence-corrected chi connectivity index (χ0v) is 22.5. The van der Waals surface area contributed by atoms with Crippen molar-refractivity contribution in [3.05, 3.63) is 112 Å². The molecule has 0 bridgehead atoms. The number of carbonyl (C=O) groups excluding carboxylic acids is 1. The van der Waals surface area contributed by atoms with Crippen LogP contribution < -0.4 is 15.4 Å². The molecule has 0 saturated heterocycles. The van der Waals surface area contributed by atoms with Gasteiger partial charge in [0.1, 0.15) is 17.9 Å². The zero-order valence-electron chi connectivity index (χ0n) is 20.1. The molecule has 38 heavy (non-hydrogen) atoms. The van der Waals surface area contributed by atoms with Crippen LogP contribution in [0.4, 0.5) is 5.69 Å². The molecule has 0 radical (unpaired) electrons. The number of nitrogens with zero attached hydrogens (tertiary/aromatic N) is 1. The largest absolute Gasteiger partial charge is 0.489 e. The molecule has 0 saturated carbocycles. The Morgan fingerprint density at radius 1 is 1.00 bits per heavy atom. The number of rotatable bonds is 6. The predicted molar refractivity (Wildman–Crippen MR) is 155 cm³/mol. The standard InChI is InChI=1S/C29H21Cl2N3O3S/c1-17-22(28-32-25-15-20(30)14-23(31)26(25)37-28)11-6-12-24(17)33-29(38)34-27(35)19-9-5-10-21(13-19)36-16-18-7-3-2-4-8-18/h2-15H,16H2,1H3,(H2,33,34,35,38). The maximum absolute atomic E-state index is 12.9. The lowest BCUT2D eigenvalue weighted by Gasteiger charge is -2.14. The third-order valence-electron chi connectivity index (χ3n) is 5.79. The Labute approximate surface area is 234 Å². The van der Waals surface area contributed by atoms with Crippen molar-refractivity contribution in [3.8, 4) is 17.2 Å². The number of ether oxygens (including phenoxy) is 1. The summed E-state index contributed by atoms with van der Waals surface area (Å²) in [6.45, 7) is 2.31. The first-order valence-electron chi connectivity index (χ1n) is 11.6. The normalized spacial score (nSPS) is 10.8. The van der Waals surface area contributed by atoms with E-state index < -0.39 is 0 Å². The number of aromatic nitrogens is 1. The van der Waals surface area contributed by atoms with Crippen molar-refractivity contribution in [1.82, 2.24) is 10.3 Å². The fraction of sp³-hybridized carbons (Fsp3) is 0.0690. The molecule has 1 amide bonds. The summed E-state index contributed by atoms with van der Waals surface area (Å²) in [6.07, 6.45) is 0. The van der Waals surface area contributed by atoms with Crippen molar-refractivity contribution in [2.24, 2.45) is 0 Å². The number of oxazole rings is 1. The number of halogens is 2. The average Bonchev–Trinajstić information content (AvgIpc) is 3.33. The Kier molecular flexibility index (Phi) is 7.60. The van der Waals surface area contributed by atoms with E-state index in [4.69, 9.17) is 44.6 Å². The molecular formula is C29H21Cl2N3O3S. The van der Waals surface area contributed by atoms with Crippen molar-refractivity contribution in [2.45, 2.75) is 13.5 Å². The predicted octanol–water partition coefficient (Wildman–Crippen LogP) is 7.82. The molecule has 5 aromatic rings. The number of hydrogen-bond acceptors (Lipinski definition) is 5. The number of fused-ring (bicyclic) bond motifs is 1. The molecule has 2 N–H and O–H groups in total. The van der Waals surface area contributed by atoms with Crippen LogP contribution in [0, 0.1) is 6.92 Å². The molecule has 1 heterocycles. The minimum absolute atomic E-state index is 0.151. The van der Waals surface area contributed by atoms with Gasteiger partial charge in [-0.1, -0.05) is 65.7 Å². The van der Waals surface area contributed by atoms with Crippen LogP contribution in [0.3, 0.4) is 0 Å². The highest BCUT2D eigenvalue weighted by Gasteiger charge is 2.16. The van der Waals surface area contributed by atoms with E-state index in [0.29, 0.717) is 50.6 Å². The maximum atomic E-state index is 12.9. The minimum atomic E-state index is -0.355. The van der Waals surface area contributed by atoms with E-state index in [0.717, 1.165) is 16.7 Å². The van der Waals surface area contributed by atoms with Crippen LogP contribution in [-0.2, 0) is 6.61 Å². The smallest absolute Gasteiger partial charge is 0.257 e. The minimum Gasteiger partial charge on any atom is -0.489 e. The fourth-order valence-corrected chi connectivity index (χ4v) is 4.60. The number of thiocarbonyl (C=S) groups is 1. The molecular weight excluding hydrogens is 541 g/mol. The van der Waals surface area contributed by atoms with Gasteiger partial charge < -0.3 is 14.5 Å². The fourth-order valence-electron chi connectivity index (χ4n) is 3.87. The Morgan fingerprint density at radius 2 is 1.79 bits per heavy atom. The summed E-state index contributed by atoms with van der Waals surface area (Å²) in [6, 6.07) is 25.6. The highest BCUT2D eigenvalue weighted by Crippen LogP contribution is 2.34. The third kappa shape index (κ3) is 5.81. The van der Waals surface area contributed by atoms with Gasteiger partial charge in [-0.3, -0.25) is 10.1 Å². The van der Waals surface area contributed by atoms with Crippen LogP contribution in [0.1, 0.15) is 21.5 Å². The van der Waals surface area contributed by atoms with Gasteiger partial charge in [0.05, 0.1) is 5.02 Å². The summed E-state index contributed by atoms with van der Waals surface area (Å²) in [5.41, 5.74) is 4.75. The van der Waals surface area contributed by atoms with E-state index in [-0.39, 0.29) is 11.0 Å². The summed E-state index contributed by atoms with van der Waals surface area (Å²) < 4.78 is 11.7. The monoisotopic (exact) mass is 561 g/mol. The Bertz CT molecular complexity index is 1650. The first kappa shape index (κ1) is 25.7. The lowest BCUT2D eigenvalue weighted by Crippen LogP contribution is -2.34.